The van der Waals surface area contributed by atoms with E-state index in [4.69, 9.17) is 0 Å². The summed E-state index contributed by atoms with van der Waals surface area (Å²) in [6, 6.07) is 4.99. The van der Waals surface area contributed by atoms with Crippen molar-refractivity contribution in [3.63, 3.8) is 0 Å². The molecule has 1 aromatic heterocycles. The molecule has 0 aromatic carbocycles. The van der Waals surface area contributed by atoms with Crippen LogP contribution in [0, 0.1) is 11.8 Å². The third kappa shape index (κ3) is 3.08. The molecule has 3 atom stereocenters. The maximum Gasteiger partial charge on any atom is 0.0412 e. The van der Waals surface area contributed by atoms with Gasteiger partial charge >= 0.3 is 0 Å². The molecule has 1 saturated carbocycles. The average Bonchev–Trinajstić information content (AvgIpc) is 2.91. The van der Waals surface area contributed by atoms with Crippen molar-refractivity contribution in [1.29, 1.82) is 0 Å². The van der Waals surface area contributed by atoms with E-state index in [-0.39, 0.29) is 0 Å². The molecule has 0 aliphatic heterocycles. The first-order chi connectivity index (χ1) is 7.79. The van der Waals surface area contributed by atoms with Gasteiger partial charge in [-0.15, -0.1) is 11.3 Å². The standard InChI is InChI=1S/C14H23NS/c1-3-13(14-5-4-8-16-14)15-10-12-7-6-11(2)9-12/h4-5,8,11-13,15H,3,6-7,9-10H2,1-2H3. The monoisotopic (exact) mass is 237 g/mol. The van der Waals surface area contributed by atoms with Crippen LogP contribution in [0.3, 0.4) is 0 Å². The van der Waals surface area contributed by atoms with Gasteiger partial charge in [-0.05, 0) is 49.1 Å². The predicted molar refractivity (Wildman–Crippen MR) is 71.9 cm³/mol. The molecule has 90 valence electrons. The number of thiophene rings is 1. The molecular weight excluding hydrogens is 214 g/mol. The number of nitrogens with one attached hydrogen (secondary N) is 1. The highest BCUT2D eigenvalue weighted by Gasteiger charge is 2.22. The van der Waals surface area contributed by atoms with Crippen molar-refractivity contribution in [2.75, 3.05) is 6.54 Å². The lowest BCUT2D eigenvalue weighted by molar-refractivity contribution is 0.424. The fourth-order valence-corrected chi connectivity index (χ4v) is 3.64. The van der Waals surface area contributed by atoms with Crippen molar-refractivity contribution in [3.05, 3.63) is 22.4 Å². The minimum atomic E-state index is 0.580. The molecule has 1 N–H and O–H groups in total. The Kier molecular flexibility index (Phi) is 4.42. The highest BCUT2D eigenvalue weighted by molar-refractivity contribution is 7.10. The summed E-state index contributed by atoms with van der Waals surface area (Å²) < 4.78 is 0. The molecule has 1 aliphatic rings. The Morgan fingerprint density at radius 1 is 1.50 bits per heavy atom. The molecule has 1 heterocycles. The zero-order valence-corrected chi connectivity index (χ0v) is 11.2. The van der Waals surface area contributed by atoms with E-state index in [2.05, 4.69) is 36.7 Å². The van der Waals surface area contributed by atoms with Crippen LogP contribution in [0.2, 0.25) is 0 Å². The Balaban J connectivity index is 1.79. The van der Waals surface area contributed by atoms with E-state index in [1.807, 2.05) is 11.3 Å². The zero-order valence-electron chi connectivity index (χ0n) is 10.4. The number of hydrogen-bond donors (Lipinski definition) is 1. The quantitative estimate of drug-likeness (QED) is 0.808. The molecule has 1 aliphatic carbocycles. The van der Waals surface area contributed by atoms with Crippen LogP contribution in [0.5, 0.6) is 0 Å². The summed E-state index contributed by atoms with van der Waals surface area (Å²) in [5.41, 5.74) is 0. The van der Waals surface area contributed by atoms with E-state index < -0.39 is 0 Å². The molecule has 2 rings (SSSR count). The van der Waals surface area contributed by atoms with Crippen molar-refractivity contribution in [1.82, 2.24) is 5.32 Å². The normalized spacial score (nSPS) is 27.1. The minimum Gasteiger partial charge on any atom is -0.309 e. The molecule has 16 heavy (non-hydrogen) atoms. The summed E-state index contributed by atoms with van der Waals surface area (Å²) in [5.74, 6) is 1.87. The van der Waals surface area contributed by atoms with Crippen LogP contribution in [-0.2, 0) is 0 Å². The van der Waals surface area contributed by atoms with Crippen LogP contribution in [-0.4, -0.2) is 6.54 Å². The summed E-state index contributed by atoms with van der Waals surface area (Å²) >= 11 is 1.88. The van der Waals surface area contributed by atoms with Gasteiger partial charge in [-0.1, -0.05) is 26.3 Å². The summed E-state index contributed by atoms with van der Waals surface area (Å²) in [7, 11) is 0. The molecular formula is C14H23NS. The second-order valence-corrected chi connectivity index (χ2v) is 6.15. The van der Waals surface area contributed by atoms with Gasteiger partial charge in [-0.25, -0.2) is 0 Å². The van der Waals surface area contributed by atoms with Crippen LogP contribution in [0.1, 0.15) is 50.4 Å². The molecule has 0 amide bonds. The van der Waals surface area contributed by atoms with Gasteiger partial charge in [-0.2, -0.15) is 0 Å². The zero-order chi connectivity index (χ0) is 11.4. The molecule has 0 bridgehead atoms. The Morgan fingerprint density at radius 3 is 2.94 bits per heavy atom. The number of hydrogen-bond acceptors (Lipinski definition) is 2. The van der Waals surface area contributed by atoms with Crippen LogP contribution >= 0.6 is 11.3 Å². The van der Waals surface area contributed by atoms with Gasteiger partial charge < -0.3 is 5.32 Å². The third-order valence-corrected chi connectivity index (χ3v) is 4.74. The second kappa shape index (κ2) is 5.83. The van der Waals surface area contributed by atoms with Gasteiger partial charge in [0.1, 0.15) is 0 Å². The van der Waals surface area contributed by atoms with Crippen molar-refractivity contribution < 1.29 is 0 Å². The first-order valence-corrected chi connectivity index (χ1v) is 7.44. The molecule has 0 radical (unpaired) electrons. The molecule has 1 fully saturated rings. The molecule has 3 unspecified atom stereocenters. The molecule has 0 saturated heterocycles. The van der Waals surface area contributed by atoms with Crippen molar-refractivity contribution in [2.45, 2.75) is 45.6 Å². The van der Waals surface area contributed by atoms with Crippen LogP contribution in [0.25, 0.3) is 0 Å². The SMILES string of the molecule is CCC(NCC1CCC(C)C1)c1cccs1. The minimum absolute atomic E-state index is 0.580. The largest absolute Gasteiger partial charge is 0.309 e. The Hall–Kier alpha value is -0.340. The molecule has 0 spiro atoms. The van der Waals surface area contributed by atoms with Crippen LogP contribution in [0.4, 0.5) is 0 Å². The lowest BCUT2D eigenvalue weighted by atomic mass is 10.1. The fraction of sp³-hybridized carbons (Fsp3) is 0.714. The summed E-state index contributed by atoms with van der Waals surface area (Å²) in [6.45, 7) is 5.87. The molecule has 1 aromatic rings. The first-order valence-electron chi connectivity index (χ1n) is 6.56. The van der Waals surface area contributed by atoms with Gasteiger partial charge in [-0.3, -0.25) is 0 Å². The van der Waals surface area contributed by atoms with Gasteiger partial charge in [0, 0.05) is 10.9 Å². The van der Waals surface area contributed by atoms with Crippen molar-refractivity contribution in [3.8, 4) is 0 Å². The van der Waals surface area contributed by atoms with Crippen LogP contribution < -0.4 is 5.32 Å². The van der Waals surface area contributed by atoms with Gasteiger partial charge in [0.25, 0.3) is 0 Å². The lowest BCUT2D eigenvalue weighted by Crippen LogP contribution is -2.25. The van der Waals surface area contributed by atoms with E-state index in [0.29, 0.717) is 6.04 Å². The highest BCUT2D eigenvalue weighted by atomic mass is 32.1. The summed E-state index contributed by atoms with van der Waals surface area (Å²) in [6.07, 6.45) is 5.48. The maximum absolute atomic E-state index is 3.74. The second-order valence-electron chi connectivity index (χ2n) is 5.17. The van der Waals surface area contributed by atoms with E-state index in [9.17, 15) is 0 Å². The molecule has 1 nitrogen and oxygen atoms in total. The highest BCUT2D eigenvalue weighted by Crippen LogP contribution is 2.30. The predicted octanol–water partition coefficient (Wildman–Crippen LogP) is 4.23. The van der Waals surface area contributed by atoms with Gasteiger partial charge in [0.2, 0.25) is 0 Å². The van der Waals surface area contributed by atoms with Crippen molar-refractivity contribution in [2.24, 2.45) is 11.8 Å². The molecule has 2 heteroatoms. The van der Waals surface area contributed by atoms with E-state index in [0.717, 1.165) is 11.8 Å². The van der Waals surface area contributed by atoms with Gasteiger partial charge in [0.05, 0.1) is 0 Å². The Bertz CT molecular complexity index is 294. The van der Waals surface area contributed by atoms with E-state index in [1.54, 1.807) is 0 Å². The lowest BCUT2D eigenvalue weighted by Gasteiger charge is -2.18. The average molecular weight is 237 g/mol. The smallest absolute Gasteiger partial charge is 0.0412 e. The number of rotatable bonds is 5. The Labute approximate surface area is 103 Å². The fourth-order valence-electron chi connectivity index (χ4n) is 2.75. The summed E-state index contributed by atoms with van der Waals surface area (Å²) in [4.78, 5) is 1.49. The first kappa shape index (κ1) is 12.1. The van der Waals surface area contributed by atoms with Crippen LogP contribution in [0.15, 0.2) is 17.5 Å². The summed E-state index contributed by atoms with van der Waals surface area (Å²) in [5, 5.41) is 5.92. The Morgan fingerprint density at radius 2 is 2.38 bits per heavy atom. The third-order valence-electron chi connectivity index (χ3n) is 3.75. The van der Waals surface area contributed by atoms with Crippen molar-refractivity contribution >= 4 is 11.3 Å². The topological polar surface area (TPSA) is 12.0 Å². The van der Waals surface area contributed by atoms with E-state index in [1.165, 1.54) is 37.1 Å². The van der Waals surface area contributed by atoms with E-state index >= 15 is 0 Å². The maximum atomic E-state index is 3.74. The van der Waals surface area contributed by atoms with Gasteiger partial charge in [0.15, 0.2) is 0 Å².